The minimum absolute atomic E-state index is 0.0969. The van der Waals surface area contributed by atoms with Crippen LogP contribution in [0.15, 0.2) is 30.4 Å². The molecule has 0 saturated heterocycles. The van der Waals surface area contributed by atoms with Crippen molar-refractivity contribution in [1.82, 2.24) is 4.90 Å². The van der Waals surface area contributed by atoms with Crippen molar-refractivity contribution in [1.29, 1.82) is 0 Å². The summed E-state index contributed by atoms with van der Waals surface area (Å²) >= 11 is 0. The van der Waals surface area contributed by atoms with Gasteiger partial charge in [-0.2, -0.15) is 0 Å². The number of benzene rings is 1. The number of nitrogens with zero attached hydrogens (tertiary/aromatic N) is 1. The van der Waals surface area contributed by atoms with Crippen LogP contribution in [-0.2, 0) is 0 Å². The molecule has 0 spiro atoms. The van der Waals surface area contributed by atoms with Gasteiger partial charge in [-0.25, -0.2) is 9.59 Å². The van der Waals surface area contributed by atoms with E-state index < -0.39 is 5.97 Å². The molecule has 2 amide bonds. The lowest BCUT2D eigenvalue weighted by Gasteiger charge is -2.24. The van der Waals surface area contributed by atoms with Crippen LogP contribution >= 0.6 is 0 Å². The van der Waals surface area contributed by atoms with Gasteiger partial charge in [0.05, 0.1) is 18.4 Å². The number of urea groups is 1. The van der Waals surface area contributed by atoms with Crippen LogP contribution in [0.25, 0.3) is 0 Å². The van der Waals surface area contributed by atoms with E-state index in [-0.39, 0.29) is 11.6 Å². The number of carbonyl (C=O) groups is 2. The van der Waals surface area contributed by atoms with Crippen molar-refractivity contribution in [2.24, 2.45) is 0 Å². The fourth-order valence-corrected chi connectivity index (χ4v) is 1.96. The van der Waals surface area contributed by atoms with Gasteiger partial charge in [0.15, 0.2) is 0 Å². The lowest BCUT2D eigenvalue weighted by molar-refractivity contribution is 0.0697. The molecular formula is C14H16N2O4. The van der Waals surface area contributed by atoms with Crippen molar-refractivity contribution in [3.8, 4) is 5.75 Å². The Morgan fingerprint density at radius 3 is 2.75 bits per heavy atom. The first-order valence-corrected chi connectivity index (χ1v) is 6.24. The standard InChI is InChI=1S/C14H16N2O4/c1-20-12-6-5-10(13(17)18)9-11(12)15-14(19)16-7-3-2-4-8-16/h2-3,5-6,9H,4,7-8H2,1H3,(H,15,19)(H,17,18). The number of amides is 2. The zero-order valence-electron chi connectivity index (χ0n) is 11.1. The zero-order valence-corrected chi connectivity index (χ0v) is 11.1. The number of carboxylic acid groups (broad SMARTS) is 1. The van der Waals surface area contributed by atoms with E-state index in [1.807, 2.05) is 12.2 Å². The van der Waals surface area contributed by atoms with Crippen molar-refractivity contribution in [2.45, 2.75) is 6.42 Å². The molecule has 0 aromatic heterocycles. The highest BCUT2D eigenvalue weighted by Gasteiger charge is 2.16. The number of aromatic carboxylic acids is 1. The summed E-state index contributed by atoms with van der Waals surface area (Å²) in [6.07, 6.45) is 4.77. The predicted molar refractivity (Wildman–Crippen MR) is 74.3 cm³/mol. The first kappa shape index (κ1) is 13.9. The highest BCUT2D eigenvalue weighted by Crippen LogP contribution is 2.26. The van der Waals surface area contributed by atoms with Crippen LogP contribution in [0.1, 0.15) is 16.8 Å². The van der Waals surface area contributed by atoms with Crippen molar-refractivity contribution in [2.75, 3.05) is 25.5 Å². The van der Waals surface area contributed by atoms with Crippen LogP contribution in [0.2, 0.25) is 0 Å². The summed E-state index contributed by atoms with van der Waals surface area (Å²) in [7, 11) is 1.47. The van der Waals surface area contributed by atoms with Gasteiger partial charge in [0.1, 0.15) is 5.75 Å². The van der Waals surface area contributed by atoms with E-state index in [1.54, 1.807) is 4.90 Å². The maximum Gasteiger partial charge on any atom is 0.335 e. The maximum absolute atomic E-state index is 12.1. The highest BCUT2D eigenvalue weighted by atomic mass is 16.5. The summed E-state index contributed by atoms with van der Waals surface area (Å²) in [5.74, 6) is -0.625. The van der Waals surface area contributed by atoms with Crippen LogP contribution in [0.3, 0.4) is 0 Å². The summed E-state index contributed by atoms with van der Waals surface area (Å²) in [4.78, 5) is 24.7. The average Bonchev–Trinajstić information content (AvgIpc) is 2.48. The van der Waals surface area contributed by atoms with Gasteiger partial charge in [0.2, 0.25) is 0 Å². The number of carbonyl (C=O) groups excluding carboxylic acids is 1. The number of nitrogens with one attached hydrogen (secondary N) is 1. The third kappa shape index (κ3) is 3.09. The number of hydrogen-bond acceptors (Lipinski definition) is 3. The molecule has 20 heavy (non-hydrogen) atoms. The Morgan fingerprint density at radius 1 is 1.35 bits per heavy atom. The Kier molecular flexibility index (Phi) is 4.24. The highest BCUT2D eigenvalue weighted by molar-refractivity contribution is 5.95. The van der Waals surface area contributed by atoms with Gasteiger partial charge in [-0.15, -0.1) is 0 Å². The molecule has 1 aromatic carbocycles. The SMILES string of the molecule is COc1ccc(C(=O)O)cc1NC(=O)N1CC=CCC1. The average molecular weight is 276 g/mol. The van der Waals surface area contributed by atoms with E-state index in [2.05, 4.69) is 5.32 Å². The third-order valence-electron chi connectivity index (χ3n) is 3.03. The lowest BCUT2D eigenvalue weighted by atomic mass is 10.2. The molecule has 1 heterocycles. The lowest BCUT2D eigenvalue weighted by Crippen LogP contribution is -2.37. The summed E-state index contributed by atoms with van der Waals surface area (Å²) in [6.45, 7) is 1.19. The van der Waals surface area contributed by atoms with E-state index in [4.69, 9.17) is 9.84 Å². The van der Waals surface area contributed by atoms with Crippen molar-refractivity contribution in [3.63, 3.8) is 0 Å². The predicted octanol–water partition coefficient (Wildman–Crippen LogP) is 2.19. The minimum atomic E-state index is -1.05. The Morgan fingerprint density at radius 2 is 2.15 bits per heavy atom. The molecule has 1 aliphatic rings. The molecule has 2 N–H and O–H groups in total. The molecule has 0 saturated carbocycles. The molecule has 0 aliphatic carbocycles. The van der Waals surface area contributed by atoms with E-state index in [9.17, 15) is 9.59 Å². The van der Waals surface area contributed by atoms with Crippen LogP contribution < -0.4 is 10.1 Å². The third-order valence-corrected chi connectivity index (χ3v) is 3.03. The van der Waals surface area contributed by atoms with Gasteiger partial charge in [-0.1, -0.05) is 12.2 Å². The molecule has 0 radical (unpaired) electrons. The minimum Gasteiger partial charge on any atom is -0.495 e. The van der Waals surface area contributed by atoms with Gasteiger partial charge >= 0.3 is 12.0 Å². The number of methoxy groups -OCH3 is 1. The van der Waals surface area contributed by atoms with Crippen LogP contribution in [-0.4, -0.2) is 42.2 Å². The summed E-state index contributed by atoms with van der Waals surface area (Å²) < 4.78 is 5.13. The second kappa shape index (κ2) is 6.10. The van der Waals surface area contributed by atoms with Crippen molar-refractivity contribution < 1.29 is 19.4 Å². The van der Waals surface area contributed by atoms with Crippen LogP contribution in [0.4, 0.5) is 10.5 Å². The van der Waals surface area contributed by atoms with Crippen LogP contribution in [0.5, 0.6) is 5.75 Å². The largest absolute Gasteiger partial charge is 0.495 e. The quantitative estimate of drug-likeness (QED) is 0.829. The molecule has 1 aromatic rings. The molecule has 0 fully saturated rings. The van der Waals surface area contributed by atoms with E-state index in [1.165, 1.54) is 25.3 Å². The second-order valence-corrected chi connectivity index (χ2v) is 4.36. The molecular weight excluding hydrogens is 260 g/mol. The van der Waals surface area contributed by atoms with E-state index >= 15 is 0 Å². The number of anilines is 1. The molecule has 0 bridgehead atoms. The van der Waals surface area contributed by atoms with Gasteiger partial charge < -0.3 is 20.1 Å². The summed E-state index contributed by atoms with van der Waals surface area (Å²) in [5.41, 5.74) is 0.451. The van der Waals surface area contributed by atoms with E-state index in [0.29, 0.717) is 24.5 Å². The Bertz CT molecular complexity index is 554. The number of ether oxygens (including phenoxy) is 1. The monoisotopic (exact) mass is 276 g/mol. The van der Waals surface area contributed by atoms with Crippen molar-refractivity contribution >= 4 is 17.7 Å². The van der Waals surface area contributed by atoms with Gasteiger partial charge in [0.25, 0.3) is 0 Å². The van der Waals surface area contributed by atoms with E-state index in [0.717, 1.165) is 6.42 Å². The topological polar surface area (TPSA) is 78.9 Å². The Labute approximate surface area is 116 Å². The Hall–Kier alpha value is -2.50. The molecule has 6 nitrogen and oxygen atoms in total. The number of carboxylic acids is 1. The molecule has 1 aliphatic heterocycles. The van der Waals surface area contributed by atoms with Gasteiger partial charge in [0, 0.05) is 13.1 Å². The van der Waals surface area contributed by atoms with Crippen LogP contribution in [0, 0.1) is 0 Å². The fraction of sp³-hybridized carbons (Fsp3) is 0.286. The Balaban J connectivity index is 2.18. The fourth-order valence-electron chi connectivity index (χ4n) is 1.96. The summed E-state index contributed by atoms with van der Waals surface area (Å²) in [6, 6.07) is 4.07. The molecule has 0 unspecified atom stereocenters. The molecule has 0 atom stereocenters. The second-order valence-electron chi connectivity index (χ2n) is 4.36. The normalized spacial score (nSPS) is 13.9. The molecule has 2 rings (SSSR count). The van der Waals surface area contributed by atoms with Crippen molar-refractivity contribution in [3.05, 3.63) is 35.9 Å². The molecule has 106 valence electrons. The smallest absolute Gasteiger partial charge is 0.335 e. The zero-order chi connectivity index (χ0) is 14.5. The number of hydrogen-bond donors (Lipinski definition) is 2. The first-order valence-electron chi connectivity index (χ1n) is 6.24. The van der Waals surface area contributed by atoms with Gasteiger partial charge in [-0.3, -0.25) is 0 Å². The first-order chi connectivity index (χ1) is 9.61. The maximum atomic E-state index is 12.1. The number of rotatable bonds is 3. The van der Waals surface area contributed by atoms with Gasteiger partial charge in [-0.05, 0) is 24.6 Å². The molecule has 6 heteroatoms. The summed E-state index contributed by atoms with van der Waals surface area (Å²) in [5, 5.41) is 11.7.